The molecule has 4 nitrogen and oxygen atoms in total. The number of rotatable bonds is 5. The van der Waals surface area contributed by atoms with Gasteiger partial charge in [-0.2, -0.15) is 0 Å². The molecule has 4 heteroatoms. The highest BCUT2D eigenvalue weighted by Crippen LogP contribution is 2.03. The predicted molar refractivity (Wildman–Crippen MR) is 53.7 cm³/mol. The Bertz CT molecular complexity index is 270. The van der Waals surface area contributed by atoms with E-state index in [0.29, 0.717) is 19.4 Å². The Morgan fingerprint density at radius 3 is 3.07 bits per heavy atom. The normalized spacial score (nSPS) is 12.4. The van der Waals surface area contributed by atoms with Gasteiger partial charge in [0.15, 0.2) is 0 Å². The van der Waals surface area contributed by atoms with Crippen molar-refractivity contribution < 1.29 is 9.21 Å². The second kappa shape index (κ2) is 5.44. The topological polar surface area (TPSA) is 68.3 Å². The summed E-state index contributed by atoms with van der Waals surface area (Å²) in [6.45, 7) is 2.34. The van der Waals surface area contributed by atoms with Crippen LogP contribution in [-0.4, -0.2) is 18.5 Å². The fraction of sp³-hybridized carbons (Fsp3) is 0.500. The molecule has 1 rings (SSSR count). The molecule has 1 aromatic rings. The molecule has 78 valence electrons. The first-order valence-corrected chi connectivity index (χ1v) is 4.74. The van der Waals surface area contributed by atoms with E-state index in [-0.39, 0.29) is 11.9 Å². The van der Waals surface area contributed by atoms with Gasteiger partial charge in [-0.15, -0.1) is 0 Å². The quantitative estimate of drug-likeness (QED) is 0.727. The minimum absolute atomic E-state index is 0.0133. The van der Waals surface area contributed by atoms with Crippen molar-refractivity contribution >= 4 is 5.91 Å². The smallest absolute Gasteiger partial charge is 0.220 e. The zero-order chi connectivity index (χ0) is 10.4. The van der Waals surface area contributed by atoms with E-state index in [4.69, 9.17) is 10.2 Å². The van der Waals surface area contributed by atoms with E-state index in [9.17, 15) is 4.79 Å². The van der Waals surface area contributed by atoms with Crippen molar-refractivity contribution in [3.05, 3.63) is 24.2 Å². The number of carbonyl (C=O) groups excluding carboxylic acids is 1. The third-order valence-electron chi connectivity index (χ3n) is 1.94. The molecule has 0 aliphatic heterocycles. The summed E-state index contributed by atoms with van der Waals surface area (Å²) in [4.78, 5) is 11.3. The number of furan rings is 1. The van der Waals surface area contributed by atoms with Gasteiger partial charge in [0.2, 0.25) is 5.91 Å². The van der Waals surface area contributed by atoms with Gasteiger partial charge < -0.3 is 15.5 Å². The zero-order valence-electron chi connectivity index (χ0n) is 8.32. The molecule has 0 aliphatic rings. The predicted octanol–water partition coefficient (Wildman–Crippen LogP) is 0.676. The van der Waals surface area contributed by atoms with Crippen LogP contribution in [0.25, 0.3) is 0 Å². The number of nitrogens with one attached hydrogen (secondary N) is 1. The lowest BCUT2D eigenvalue weighted by Crippen LogP contribution is -2.37. The molecule has 0 spiro atoms. The molecule has 1 aromatic heterocycles. The maximum absolute atomic E-state index is 11.3. The monoisotopic (exact) mass is 196 g/mol. The second-order valence-corrected chi connectivity index (χ2v) is 3.28. The van der Waals surface area contributed by atoms with Crippen LogP contribution in [0.15, 0.2) is 22.8 Å². The Kier molecular flexibility index (Phi) is 4.19. The number of carbonyl (C=O) groups is 1. The van der Waals surface area contributed by atoms with Gasteiger partial charge in [0, 0.05) is 25.4 Å². The first-order chi connectivity index (χ1) is 6.72. The summed E-state index contributed by atoms with van der Waals surface area (Å²) in [5.74, 6) is 0.847. The molecule has 14 heavy (non-hydrogen) atoms. The Morgan fingerprint density at radius 1 is 1.71 bits per heavy atom. The van der Waals surface area contributed by atoms with Crippen molar-refractivity contribution in [1.29, 1.82) is 0 Å². The van der Waals surface area contributed by atoms with E-state index in [2.05, 4.69) is 5.32 Å². The Labute approximate surface area is 83.5 Å². The molecule has 0 bridgehead atoms. The van der Waals surface area contributed by atoms with Gasteiger partial charge in [0.1, 0.15) is 5.76 Å². The van der Waals surface area contributed by atoms with E-state index in [0.717, 1.165) is 5.76 Å². The summed E-state index contributed by atoms with van der Waals surface area (Å²) in [6.07, 6.45) is 2.68. The standard InChI is InChI=1S/C10H16N2O2/c1-8(7-11)12-10(13)5-4-9-3-2-6-14-9/h2-3,6,8H,4-5,7,11H2,1H3,(H,12,13). The number of amides is 1. The van der Waals surface area contributed by atoms with E-state index < -0.39 is 0 Å². The average molecular weight is 196 g/mol. The van der Waals surface area contributed by atoms with Crippen LogP contribution in [0.1, 0.15) is 19.1 Å². The Hall–Kier alpha value is -1.29. The van der Waals surface area contributed by atoms with Crippen LogP contribution in [-0.2, 0) is 11.2 Å². The summed E-state index contributed by atoms with van der Waals surface area (Å²) in [6, 6.07) is 3.72. The summed E-state index contributed by atoms with van der Waals surface area (Å²) in [5.41, 5.74) is 5.38. The Morgan fingerprint density at radius 2 is 2.50 bits per heavy atom. The zero-order valence-corrected chi connectivity index (χ0v) is 8.32. The highest BCUT2D eigenvalue weighted by Gasteiger charge is 2.06. The molecule has 0 fully saturated rings. The van der Waals surface area contributed by atoms with Crippen molar-refractivity contribution in [3.63, 3.8) is 0 Å². The number of hydrogen-bond acceptors (Lipinski definition) is 3. The number of hydrogen-bond donors (Lipinski definition) is 2. The molecule has 0 saturated carbocycles. The summed E-state index contributed by atoms with van der Waals surface area (Å²) in [7, 11) is 0. The van der Waals surface area contributed by atoms with Crippen LogP contribution >= 0.6 is 0 Å². The largest absolute Gasteiger partial charge is 0.469 e. The van der Waals surface area contributed by atoms with Crippen LogP contribution in [0.3, 0.4) is 0 Å². The van der Waals surface area contributed by atoms with Crippen LogP contribution in [0.5, 0.6) is 0 Å². The van der Waals surface area contributed by atoms with Crippen LogP contribution in [0, 0.1) is 0 Å². The maximum Gasteiger partial charge on any atom is 0.220 e. The minimum Gasteiger partial charge on any atom is -0.469 e. The van der Waals surface area contributed by atoms with Gasteiger partial charge >= 0.3 is 0 Å². The lowest BCUT2D eigenvalue weighted by Gasteiger charge is -2.10. The lowest BCUT2D eigenvalue weighted by atomic mass is 10.2. The molecular formula is C10H16N2O2. The molecule has 3 N–H and O–H groups in total. The first-order valence-electron chi connectivity index (χ1n) is 4.74. The molecular weight excluding hydrogens is 180 g/mol. The highest BCUT2D eigenvalue weighted by molar-refractivity contribution is 5.76. The molecule has 0 saturated heterocycles. The molecule has 1 atom stereocenters. The molecule has 1 heterocycles. The lowest BCUT2D eigenvalue weighted by molar-refractivity contribution is -0.121. The molecule has 0 radical (unpaired) electrons. The molecule has 1 amide bonds. The maximum atomic E-state index is 11.3. The van der Waals surface area contributed by atoms with Gasteiger partial charge in [-0.05, 0) is 19.1 Å². The molecule has 1 unspecified atom stereocenters. The van der Waals surface area contributed by atoms with E-state index in [1.165, 1.54) is 0 Å². The first kappa shape index (κ1) is 10.8. The fourth-order valence-corrected chi connectivity index (χ4v) is 1.10. The molecule has 0 aliphatic carbocycles. The van der Waals surface area contributed by atoms with Crippen molar-refractivity contribution in [2.75, 3.05) is 6.54 Å². The Balaban J connectivity index is 2.22. The van der Waals surface area contributed by atoms with Gasteiger partial charge in [-0.3, -0.25) is 4.79 Å². The summed E-state index contributed by atoms with van der Waals surface area (Å²) >= 11 is 0. The number of aryl methyl sites for hydroxylation is 1. The van der Waals surface area contributed by atoms with Gasteiger partial charge in [-0.1, -0.05) is 0 Å². The minimum atomic E-state index is 0.0133. The third-order valence-corrected chi connectivity index (χ3v) is 1.94. The van der Waals surface area contributed by atoms with E-state index in [1.807, 2.05) is 19.1 Å². The second-order valence-electron chi connectivity index (χ2n) is 3.28. The summed E-state index contributed by atoms with van der Waals surface area (Å²) in [5, 5.41) is 2.79. The third kappa shape index (κ3) is 3.62. The van der Waals surface area contributed by atoms with Crippen molar-refractivity contribution in [3.8, 4) is 0 Å². The van der Waals surface area contributed by atoms with E-state index >= 15 is 0 Å². The van der Waals surface area contributed by atoms with Gasteiger partial charge in [0.05, 0.1) is 6.26 Å². The van der Waals surface area contributed by atoms with E-state index in [1.54, 1.807) is 6.26 Å². The summed E-state index contributed by atoms with van der Waals surface area (Å²) < 4.78 is 5.11. The van der Waals surface area contributed by atoms with Crippen molar-refractivity contribution in [1.82, 2.24) is 5.32 Å². The van der Waals surface area contributed by atoms with Crippen LogP contribution in [0.4, 0.5) is 0 Å². The van der Waals surface area contributed by atoms with Crippen molar-refractivity contribution in [2.45, 2.75) is 25.8 Å². The van der Waals surface area contributed by atoms with Crippen LogP contribution in [0.2, 0.25) is 0 Å². The van der Waals surface area contributed by atoms with Gasteiger partial charge in [0.25, 0.3) is 0 Å². The highest BCUT2D eigenvalue weighted by atomic mass is 16.3. The SMILES string of the molecule is CC(CN)NC(=O)CCc1ccco1. The van der Waals surface area contributed by atoms with Crippen molar-refractivity contribution in [2.24, 2.45) is 5.73 Å². The van der Waals surface area contributed by atoms with Crippen LogP contribution < -0.4 is 11.1 Å². The number of nitrogens with two attached hydrogens (primary N) is 1. The van der Waals surface area contributed by atoms with Gasteiger partial charge in [-0.25, -0.2) is 0 Å². The fourth-order valence-electron chi connectivity index (χ4n) is 1.10. The average Bonchev–Trinajstić information content (AvgIpc) is 2.67. The molecule has 0 aromatic carbocycles.